The average Bonchev–Trinajstić information content (AvgIpc) is 3.31. The second-order valence-corrected chi connectivity index (χ2v) is 8.07. The molecule has 0 N–H and O–H groups in total. The van der Waals surface area contributed by atoms with Gasteiger partial charge in [0.15, 0.2) is 0 Å². The first-order valence-electron chi connectivity index (χ1n) is 9.39. The summed E-state index contributed by atoms with van der Waals surface area (Å²) in [6.07, 6.45) is 2.70. The predicted molar refractivity (Wildman–Crippen MR) is 100 cm³/mol. The van der Waals surface area contributed by atoms with Crippen LogP contribution in [0.5, 0.6) is 0 Å². The van der Waals surface area contributed by atoms with E-state index in [1.54, 1.807) is 23.9 Å². The van der Waals surface area contributed by atoms with Crippen molar-refractivity contribution in [1.29, 1.82) is 0 Å². The Bertz CT molecular complexity index is 1070. The molecule has 1 amide bonds. The van der Waals surface area contributed by atoms with Gasteiger partial charge in [-0.25, -0.2) is 9.37 Å². The number of aryl methyl sites for hydroxylation is 1. The maximum atomic E-state index is 14.1. The number of piperidine rings is 2. The van der Waals surface area contributed by atoms with Gasteiger partial charge in [0.25, 0.3) is 0 Å². The average molecular weight is 417 g/mol. The van der Waals surface area contributed by atoms with Crippen LogP contribution in [-0.4, -0.2) is 48.8 Å². The summed E-state index contributed by atoms with van der Waals surface area (Å²) < 4.78 is 21.2. The minimum absolute atomic E-state index is 0.0451. The number of aromatic nitrogens is 5. The molecule has 2 bridgehead atoms. The maximum absolute atomic E-state index is 14.1. The SMILES string of the molecule is Cn1ncnc1CC(=O)N1C[C@H]2C[C@@H](C1)C2c1nc(-c2ccc(Cl)cc2F)no1. The molecule has 2 aromatic heterocycles. The van der Waals surface area contributed by atoms with Gasteiger partial charge >= 0.3 is 0 Å². The van der Waals surface area contributed by atoms with E-state index in [9.17, 15) is 9.18 Å². The van der Waals surface area contributed by atoms with Crippen molar-refractivity contribution in [3.63, 3.8) is 0 Å². The van der Waals surface area contributed by atoms with E-state index in [-0.39, 0.29) is 41.5 Å². The molecule has 3 fully saturated rings. The number of hydrogen-bond donors (Lipinski definition) is 0. The lowest BCUT2D eigenvalue weighted by molar-refractivity contribution is -0.139. The molecule has 29 heavy (non-hydrogen) atoms. The molecule has 3 aromatic rings. The third-order valence-electron chi connectivity index (χ3n) is 5.90. The lowest BCUT2D eigenvalue weighted by Gasteiger charge is -2.52. The number of benzene rings is 1. The van der Waals surface area contributed by atoms with Gasteiger partial charge in [-0.2, -0.15) is 10.1 Å². The van der Waals surface area contributed by atoms with Crippen LogP contribution in [0.2, 0.25) is 5.02 Å². The first-order chi connectivity index (χ1) is 14.0. The Morgan fingerprint density at radius 2 is 2.14 bits per heavy atom. The van der Waals surface area contributed by atoms with Crippen LogP contribution in [0, 0.1) is 17.7 Å². The van der Waals surface area contributed by atoms with E-state index in [0.29, 0.717) is 29.8 Å². The minimum Gasteiger partial charge on any atom is -0.342 e. The zero-order valence-corrected chi connectivity index (χ0v) is 16.4. The highest BCUT2D eigenvalue weighted by atomic mass is 35.5. The van der Waals surface area contributed by atoms with Gasteiger partial charge < -0.3 is 9.42 Å². The molecular weight excluding hydrogens is 399 g/mol. The fraction of sp³-hybridized carbons (Fsp3) is 0.421. The van der Waals surface area contributed by atoms with E-state index in [4.69, 9.17) is 16.1 Å². The largest absolute Gasteiger partial charge is 0.342 e. The zero-order chi connectivity index (χ0) is 20.1. The van der Waals surface area contributed by atoms with Gasteiger partial charge in [0.1, 0.15) is 18.0 Å². The van der Waals surface area contributed by atoms with E-state index in [1.807, 2.05) is 4.90 Å². The molecular formula is C19H18ClFN6O2. The third-order valence-corrected chi connectivity index (χ3v) is 6.13. The van der Waals surface area contributed by atoms with Crippen molar-refractivity contribution in [2.45, 2.75) is 18.8 Å². The van der Waals surface area contributed by atoms with Gasteiger partial charge in [-0.15, -0.1) is 0 Å². The monoisotopic (exact) mass is 416 g/mol. The highest BCUT2D eigenvalue weighted by Gasteiger charge is 2.51. The van der Waals surface area contributed by atoms with Crippen molar-refractivity contribution in [2.75, 3.05) is 13.1 Å². The first-order valence-corrected chi connectivity index (χ1v) is 9.77. The summed E-state index contributed by atoms with van der Waals surface area (Å²) in [5.41, 5.74) is 0.259. The van der Waals surface area contributed by atoms with Gasteiger partial charge in [0.05, 0.1) is 12.0 Å². The van der Waals surface area contributed by atoms with Crippen LogP contribution in [0.15, 0.2) is 29.0 Å². The smallest absolute Gasteiger partial charge is 0.230 e. The Morgan fingerprint density at radius 1 is 1.34 bits per heavy atom. The van der Waals surface area contributed by atoms with Gasteiger partial charge in [0.2, 0.25) is 17.6 Å². The van der Waals surface area contributed by atoms with Gasteiger partial charge in [-0.1, -0.05) is 16.8 Å². The Morgan fingerprint density at radius 3 is 2.83 bits per heavy atom. The summed E-state index contributed by atoms with van der Waals surface area (Å²) in [4.78, 5) is 23.0. The molecule has 4 heterocycles. The molecule has 6 rings (SSSR count). The first kappa shape index (κ1) is 18.2. The Balaban J connectivity index is 1.28. The van der Waals surface area contributed by atoms with Gasteiger partial charge in [0, 0.05) is 31.1 Å². The molecule has 8 nitrogen and oxygen atoms in total. The van der Waals surface area contributed by atoms with Crippen molar-refractivity contribution in [3.8, 4) is 11.4 Å². The Labute approximate surface area is 170 Å². The molecule has 2 saturated heterocycles. The molecule has 1 unspecified atom stereocenters. The number of fused-ring (bicyclic) bond motifs is 2. The standard InChI is InChI=1S/C19H18ClFN6O2/c1-26-15(22-9-23-26)6-16(28)27-7-10-4-11(8-27)17(10)19-24-18(25-29-19)13-3-2-12(20)5-14(13)21/h2-3,5,9-11,17H,4,6-8H2,1H3/t10-,11+,17?. The van der Waals surface area contributed by atoms with E-state index in [2.05, 4.69) is 20.2 Å². The van der Waals surface area contributed by atoms with Crippen LogP contribution in [0.4, 0.5) is 4.39 Å². The number of rotatable bonds is 4. The molecule has 1 aliphatic carbocycles. The van der Waals surface area contributed by atoms with Gasteiger partial charge in [-0.3, -0.25) is 9.48 Å². The second-order valence-electron chi connectivity index (χ2n) is 7.64. The number of amides is 1. The van der Waals surface area contributed by atoms with E-state index in [1.165, 1.54) is 12.4 Å². The third kappa shape index (κ3) is 3.19. The number of hydrogen-bond acceptors (Lipinski definition) is 6. The molecule has 0 spiro atoms. The molecule has 3 aliphatic rings. The number of carbonyl (C=O) groups excluding carboxylic acids is 1. The van der Waals surface area contributed by atoms with E-state index in [0.717, 1.165) is 6.42 Å². The number of carbonyl (C=O) groups is 1. The molecule has 1 aromatic carbocycles. The molecule has 2 aliphatic heterocycles. The van der Waals surface area contributed by atoms with Crippen molar-refractivity contribution >= 4 is 17.5 Å². The Hall–Kier alpha value is -2.81. The molecule has 3 atom stereocenters. The highest BCUT2D eigenvalue weighted by Crippen LogP contribution is 2.51. The van der Waals surface area contributed by atoms with Gasteiger partial charge in [-0.05, 0) is 36.5 Å². The number of halogens is 2. The molecule has 0 radical (unpaired) electrons. The fourth-order valence-corrected chi connectivity index (χ4v) is 4.53. The molecule has 150 valence electrons. The maximum Gasteiger partial charge on any atom is 0.230 e. The van der Waals surface area contributed by atoms with Crippen molar-refractivity contribution < 1.29 is 13.7 Å². The second kappa shape index (κ2) is 6.91. The zero-order valence-electron chi connectivity index (χ0n) is 15.6. The summed E-state index contributed by atoms with van der Waals surface area (Å²) in [6, 6.07) is 4.36. The molecule has 10 heteroatoms. The van der Waals surface area contributed by atoms with Crippen LogP contribution in [0.25, 0.3) is 11.4 Å². The van der Waals surface area contributed by atoms with E-state index < -0.39 is 5.82 Å². The topological polar surface area (TPSA) is 89.9 Å². The lowest BCUT2D eigenvalue weighted by atomic mass is 9.61. The summed E-state index contributed by atoms with van der Waals surface area (Å²) in [5, 5.41) is 8.27. The summed E-state index contributed by atoms with van der Waals surface area (Å²) in [7, 11) is 1.77. The quantitative estimate of drug-likeness (QED) is 0.649. The van der Waals surface area contributed by atoms with Crippen LogP contribution in [0.1, 0.15) is 24.1 Å². The number of nitrogens with zero attached hydrogens (tertiary/aromatic N) is 6. The summed E-state index contributed by atoms with van der Waals surface area (Å²) in [6.45, 7) is 1.29. The lowest BCUT2D eigenvalue weighted by Crippen LogP contribution is -2.56. The highest BCUT2D eigenvalue weighted by molar-refractivity contribution is 6.30. The normalized spacial score (nSPS) is 23.1. The van der Waals surface area contributed by atoms with Crippen LogP contribution in [0.3, 0.4) is 0 Å². The fourth-order valence-electron chi connectivity index (χ4n) is 4.37. The summed E-state index contributed by atoms with van der Waals surface area (Å²) >= 11 is 5.80. The summed E-state index contributed by atoms with van der Waals surface area (Å²) in [5.74, 6) is 1.57. The minimum atomic E-state index is -0.487. The van der Waals surface area contributed by atoms with Crippen molar-refractivity contribution in [1.82, 2.24) is 29.8 Å². The van der Waals surface area contributed by atoms with Crippen LogP contribution >= 0.6 is 11.6 Å². The van der Waals surface area contributed by atoms with E-state index >= 15 is 0 Å². The van der Waals surface area contributed by atoms with Crippen LogP contribution in [-0.2, 0) is 18.3 Å². The van der Waals surface area contributed by atoms with Crippen molar-refractivity contribution in [3.05, 3.63) is 47.1 Å². The Kier molecular flexibility index (Phi) is 4.34. The van der Waals surface area contributed by atoms with Crippen molar-refractivity contribution in [2.24, 2.45) is 18.9 Å². The predicted octanol–water partition coefficient (Wildman–Crippen LogP) is 2.46. The van der Waals surface area contributed by atoms with Crippen LogP contribution < -0.4 is 0 Å². The molecule has 1 saturated carbocycles.